The van der Waals surface area contributed by atoms with Crippen molar-refractivity contribution in [2.75, 3.05) is 13.2 Å². The molecule has 0 fully saturated rings. The third-order valence-electron chi connectivity index (χ3n) is 4.77. The molecule has 7 nitrogen and oxygen atoms in total. The van der Waals surface area contributed by atoms with Gasteiger partial charge in [-0.1, -0.05) is 25.6 Å². The minimum absolute atomic E-state index is 0.0354. The maximum absolute atomic E-state index is 9.88. The van der Waals surface area contributed by atoms with Gasteiger partial charge in [-0.05, 0) is 31.9 Å². The van der Waals surface area contributed by atoms with Crippen molar-refractivity contribution >= 4 is 19.0 Å². The molecule has 0 aliphatic rings. The summed E-state index contributed by atoms with van der Waals surface area (Å²) in [7, 11) is -1.11. The van der Waals surface area contributed by atoms with Crippen molar-refractivity contribution in [1.29, 1.82) is 0 Å². The van der Waals surface area contributed by atoms with Gasteiger partial charge in [0.05, 0.1) is 24.5 Å². The molecule has 3 aromatic rings. The molecule has 3 aromatic heterocycles. The fourth-order valence-electron chi connectivity index (χ4n) is 3.11. The third-order valence-corrected chi connectivity index (χ3v) is 6.47. The van der Waals surface area contributed by atoms with Crippen molar-refractivity contribution in [3.8, 4) is 23.0 Å². The van der Waals surface area contributed by atoms with Gasteiger partial charge in [0, 0.05) is 50.1 Å². The van der Waals surface area contributed by atoms with Crippen molar-refractivity contribution < 1.29 is 14.9 Å². The van der Waals surface area contributed by atoms with E-state index in [1.807, 2.05) is 29.2 Å². The zero-order valence-corrected chi connectivity index (χ0v) is 20.0. The molecule has 2 N–H and O–H groups in total. The number of hydrogen-bond donors (Lipinski definition) is 2. The van der Waals surface area contributed by atoms with Gasteiger partial charge < -0.3 is 19.5 Å². The topological polar surface area (TPSA) is 85.3 Å². The number of ether oxygens (including phenoxy) is 1. The van der Waals surface area contributed by atoms with E-state index in [-0.39, 0.29) is 6.61 Å². The summed E-state index contributed by atoms with van der Waals surface area (Å²) in [5.74, 6) is 5.74. The van der Waals surface area contributed by atoms with E-state index < -0.39 is 13.7 Å². The first-order valence-electron chi connectivity index (χ1n) is 10.5. The minimum Gasteiger partial charge on any atom is -0.395 e. The largest absolute Gasteiger partial charge is 0.395 e. The van der Waals surface area contributed by atoms with E-state index >= 15 is 0 Å². The zero-order valence-electron chi connectivity index (χ0n) is 19.0. The van der Waals surface area contributed by atoms with Gasteiger partial charge in [0.1, 0.15) is 18.0 Å². The Morgan fingerprint density at radius 2 is 1.97 bits per heavy atom. The average molecular weight is 441 g/mol. The summed E-state index contributed by atoms with van der Waals surface area (Å²) in [5, 5.41) is 24.8. The Balaban J connectivity index is 1.88. The Bertz CT molecular complexity index is 1090. The summed E-state index contributed by atoms with van der Waals surface area (Å²) in [4.78, 5) is 4.41. The molecule has 166 valence electrons. The van der Waals surface area contributed by atoms with Gasteiger partial charge in [-0.2, -0.15) is 5.10 Å². The van der Waals surface area contributed by atoms with Crippen molar-refractivity contribution in [2.45, 2.75) is 58.4 Å². The molecule has 0 aromatic carbocycles. The average Bonchev–Trinajstić information content (AvgIpc) is 3.27. The van der Waals surface area contributed by atoms with E-state index in [0.717, 1.165) is 34.7 Å². The van der Waals surface area contributed by atoms with Gasteiger partial charge in [-0.3, -0.25) is 0 Å². The molecule has 0 bridgehead atoms. The number of pyridine rings is 1. The molecule has 0 atom stereocenters. The van der Waals surface area contributed by atoms with Crippen LogP contribution in [0.25, 0.3) is 22.0 Å². The molecule has 8 heteroatoms. The van der Waals surface area contributed by atoms with Gasteiger partial charge in [0.25, 0.3) is 0 Å². The van der Waals surface area contributed by atoms with E-state index in [4.69, 9.17) is 4.74 Å². The minimum atomic E-state index is -1.11. The summed E-state index contributed by atoms with van der Waals surface area (Å²) < 4.78 is 9.58. The van der Waals surface area contributed by atoms with Gasteiger partial charge in [0.15, 0.2) is 0 Å². The fourth-order valence-corrected chi connectivity index (χ4v) is 3.86. The van der Waals surface area contributed by atoms with Crippen LogP contribution in [0, 0.1) is 11.8 Å². The Hall–Kier alpha value is -2.44. The highest BCUT2D eigenvalue weighted by atomic mass is 28.3. The van der Waals surface area contributed by atoms with Crippen LogP contribution >= 0.6 is 0 Å². The molecule has 0 spiro atoms. The van der Waals surface area contributed by atoms with E-state index in [9.17, 15) is 10.2 Å². The number of aliphatic hydroxyl groups excluding tert-OH is 1. The highest BCUT2D eigenvalue weighted by molar-refractivity contribution is 6.76. The summed E-state index contributed by atoms with van der Waals surface area (Å²) >= 11 is 0. The SMILES string of the molecule is CC(C)(O)C#Cc1cc2c(-c3cnn(COCC[Si](C)(C)C)c3)cn(CCO)c2cn1. The molecule has 0 saturated carbocycles. The van der Waals surface area contributed by atoms with Crippen molar-refractivity contribution in [1.82, 2.24) is 19.3 Å². The lowest BCUT2D eigenvalue weighted by Gasteiger charge is -2.15. The lowest BCUT2D eigenvalue weighted by atomic mass is 10.1. The van der Waals surface area contributed by atoms with Crippen LogP contribution in [0.15, 0.2) is 30.9 Å². The fraction of sp³-hybridized carbons (Fsp3) is 0.478. The number of hydrogen-bond acceptors (Lipinski definition) is 5. The highest BCUT2D eigenvalue weighted by Gasteiger charge is 2.15. The van der Waals surface area contributed by atoms with Gasteiger partial charge >= 0.3 is 0 Å². The normalized spacial score (nSPS) is 12.2. The Morgan fingerprint density at radius 3 is 2.65 bits per heavy atom. The standard InChI is InChI=1S/C23H32N4O3Si/c1-23(2,29)7-6-19-12-20-21(16-26(8-9-28)22(20)14-24-19)18-13-25-27(15-18)17-30-10-11-31(3,4)5/h12-16,28-29H,8-11,17H2,1-5H3. The molecule has 31 heavy (non-hydrogen) atoms. The summed E-state index contributed by atoms with van der Waals surface area (Å²) in [6.07, 6.45) is 7.55. The van der Waals surface area contributed by atoms with E-state index in [0.29, 0.717) is 19.0 Å². The Kier molecular flexibility index (Phi) is 7.02. The highest BCUT2D eigenvalue weighted by Crippen LogP contribution is 2.30. The molecule has 0 radical (unpaired) electrons. The van der Waals surface area contributed by atoms with Crippen LogP contribution < -0.4 is 0 Å². The van der Waals surface area contributed by atoms with Gasteiger partial charge in [-0.25, -0.2) is 9.67 Å². The lowest BCUT2D eigenvalue weighted by molar-refractivity contribution is 0.0786. The molecule has 0 aliphatic carbocycles. The van der Waals surface area contributed by atoms with E-state index in [1.165, 1.54) is 0 Å². The van der Waals surface area contributed by atoms with Gasteiger partial charge in [0.2, 0.25) is 0 Å². The maximum Gasteiger partial charge on any atom is 0.139 e. The Morgan fingerprint density at radius 1 is 1.19 bits per heavy atom. The molecule has 0 amide bonds. The first-order valence-corrected chi connectivity index (χ1v) is 14.2. The van der Waals surface area contributed by atoms with Crippen LogP contribution in [-0.4, -0.2) is 56.4 Å². The number of nitrogens with zero attached hydrogens (tertiary/aromatic N) is 4. The second kappa shape index (κ2) is 9.36. The molecular weight excluding hydrogens is 408 g/mol. The van der Waals surface area contributed by atoms with Crippen LogP contribution in [0.4, 0.5) is 0 Å². The third kappa shape index (κ3) is 6.52. The molecule has 0 aliphatic heterocycles. The number of rotatable bonds is 8. The van der Waals surface area contributed by atoms with Crippen molar-refractivity contribution in [2.24, 2.45) is 0 Å². The molecule has 0 saturated heterocycles. The monoisotopic (exact) mass is 440 g/mol. The molecular formula is C23H32N4O3Si. The van der Waals surface area contributed by atoms with Crippen LogP contribution in [0.1, 0.15) is 19.5 Å². The van der Waals surface area contributed by atoms with Crippen molar-refractivity contribution in [3.63, 3.8) is 0 Å². The van der Waals surface area contributed by atoms with Crippen molar-refractivity contribution in [3.05, 3.63) is 36.5 Å². The van der Waals surface area contributed by atoms with E-state index in [2.05, 4.69) is 41.6 Å². The summed E-state index contributed by atoms with van der Waals surface area (Å²) in [6, 6.07) is 3.04. The summed E-state index contributed by atoms with van der Waals surface area (Å²) in [6.45, 7) is 12.0. The second-order valence-electron chi connectivity index (χ2n) is 9.47. The van der Waals surface area contributed by atoms with Gasteiger partial charge in [-0.15, -0.1) is 0 Å². The van der Waals surface area contributed by atoms with E-state index in [1.54, 1.807) is 24.7 Å². The van der Waals surface area contributed by atoms with Crippen LogP contribution in [0.2, 0.25) is 25.7 Å². The number of aliphatic hydroxyl groups is 2. The lowest BCUT2D eigenvalue weighted by Crippen LogP contribution is -2.22. The molecule has 3 heterocycles. The first kappa shape index (κ1) is 23.2. The maximum atomic E-state index is 9.88. The Labute approximate surface area is 184 Å². The zero-order chi connectivity index (χ0) is 22.6. The van der Waals surface area contributed by atoms with Crippen LogP contribution in [-0.2, 0) is 18.0 Å². The second-order valence-corrected chi connectivity index (χ2v) is 15.1. The van der Waals surface area contributed by atoms with Crippen LogP contribution in [0.3, 0.4) is 0 Å². The number of fused-ring (bicyclic) bond motifs is 1. The smallest absolute Gasteiger partial charge is 0.139 e. The predicted molar refractivity (Wildman–Crippen MR) is 125 cm³/mol. The molecule has 0 unspecified atom stereocenters. The summed E-state index contributed by atoms with van der Waals surface area (Å²) in [5.41, 5.74) is 2.36. The quantitative estimate of drug-likeness (QED) is 0.319. The molecule has 3 rings (SSSR count). The first-order chi connectivity index (χ1) is 14.6. The predicted octanol–water partition coefficient (Wildman–Crippen LogP) is 3.33. The number of aromatic nitrogens is 4. The van der Waals surface area contributed by atoms with Crippen LogP contribution in [0.5, 0.6) is 0 Å².